The summed E-state index contributed by atoms with van der Waals surface area (Å²) in [5.74, 6) is -0.217. The SMILES string of the molecule is CC=CC(=O)OCCCCCCCCCC. The van der Waals surface area contributed by atoms with Gasteiger partial charge in [-0.1, -0.05) is 57.9 Å². The predicted octanol–water partition coefficient (Wildman–Crippen LogP) is 4.25. The average Bonchev–Trinajstić information content (AvgIpc) is 2.27. The highest BCUT2D eigenvalue weighted by Gasteiger charge is 1.95. The van der Waals surface area contributed by atoms with Crippen LogP contribution in [0.25, 0.3) is 0 Å². The first-order valence-corrected chi connectivity index (χ1v) is 6.60. The van der Waals surface area contributed by atoms with Crippen LogP contribution in [0, 0.1) is 0 Å². The minimum absolute atomic E-state index is 0.217. The lowest BCUT2D eigenvalue weighted by molar-refractivity contribution is -0.137. The van der Waals surface area contributed by atoms with E-state index in [0.29, 0.717) is 6.61 Å². The second-order valence-electron chi connectivity index (χ2n) is 4.14. The van der Waals surface area contributed by atoms with Crippen LogP contribution < -0.4 is 0 Å². The van der Waals surface area contributed by atoms with Gasteiger partial charge in [-0.2, -0.15) is 0 Å². The summed E-state index contributed by atoms with van der Waals surface area (Å²) < 4.78 is 5.00. The number of hydrogen-bond acceptors (Lipinski definition) is 2. The molecule has 94 valence electrons. The Labute approximate surface area is 100 Å². The Morgan fingerprint density at radius 2 is 1.56 bits per heavy atom. The standard InChI is InChI=1S/C14H26O2/c1-3-5-6-7-8-9-10-11-13-16-14(15)12-4-2/h4,12H,3,5-11,13H2,1-2H3. The molecule has 2 nitrogen and oxygen atoms in total. The molecule has 0 aromatic rings. The Balaban J connectivity index is 3.07. The van der Waals surface area contributed by atoms with Crippen LogP contribution in [-0.4, -0.2) is 12.6 Å². The van der Waals surface area contributed by atoms with Gasteiger partial charge >= 0.3 is 5.97 Å². The Morgan fingerprint density at radius 3 is 2.12 bits per heavy atom. The molecular formula is C14H26O2. The number of hydrogen-bond donors (Lipinski definition) is 0. The van der Waals surface area contributed by atoms with Gasteiger partial charge in [-0.15, -0.1) is 0 Å². The number of esters is 1. The van der Waals surface area contributed by atoms with E-state index in [9.17, 15) is 4.79 Å². The molecule has 0 atom stereocenters. The smallest absolute Gasteiger partial charge is 0.330 e. The normalized spacial score (nSPS) is 10.9. The number of unbranched alkanes of at least 4 members (excludes halogenated alkanes) is 7. The molecule has 0 unspecified atom stereocenters. The topological polar surface area (TPSA) is 26.3 Å². The molecular weight excluding hydrogens is 200 g/mol. The summed E-state index contributed by atoms with van der Waals surface area (Å²) in [6.45, 7) is 4.62. The Hall–Kier alpha value is -0.790. The molecule has 0 aromatic carbocycles. The van der Waals surface area contributed by atoms with Crippen molar-refractivity contribution in [1.82, 2.24) is 0 Å². The van der Waals surface area contributed by atoms with Gasteiger partial charge in [0.2, 0.25) is 0 Å². The molecule has 0 heterocycles. The van der Waals surface area contributed by atoms with Gasteiger partial charge in [-0.3, -0.25) is 0 Å². The molecule has 2 heteroatoms. The van der Waals surface area contributed by atoms with Gasteiger partial charge in [0.1, 0.15) is 0 Å². The minimum Gasteiger partial charge on any atom is -0.463 e. The second kappa shape index (κ2) is 12.3. The van der Waals surface area contributed by atoms with Gasteiger partial charge in [0, 0.05) is 6.08 Å². The third kappa shape index (κ3) is 11.3. The summed E-state index contributed by atoms with van der Waals surface area (Å²) in [5.41, 5.74) is 0. The summed E-state index contributed by atoms with van der Waals surface area (Å²) in [6.07, 6.45) is 13.3. The molecule has 0 amide bonds. The minimum atomic E-state index is -0.217. The van der Waals surface area contributed by atoms with Gasteiger partial charge in [0.05, 0.1) is 6.61 Å². The highest BCUT2D eigenvalue weighted by Crippen LogP contribution is 2.08. The van der Waals surface area contributed by atoms with Crippen molar-refractivity contribution >= 4 is 5.97 Å². The lowest BCUT2D eigenvalue weighted by Gasteiger charge is -2.02. The Kier molecular flexibility index (Phi) is 11.7. The van der Waals surface area contributed by atoms with E-state index in [1.807, 2.05) is 6.92 Å². The van der Waals surface area contributed by atoms with Crippen molar-refractivity contribution in [2.24, 2.45) is 0 Å². The van der Waals surface area contributed by atoms with E-state index >= 15 is 0 Å². The third-order valence-electron chi connectivity index (χ3n) is 2.54. The summed E-state index contributed by atoms with van der Waals surface area (Å²) in [5, 5.41) is 0. The number of allylic oxidation sites excluding steroid dienone is 1. The van der Waals surface area contributed by atoms with Crippen LogP contribution >= 0.6 is 0 Å². The van der Waals surface area contributed by atoms with Gasteiger partial charge in [-0.05, 0) is 13.3 Å². The van der Waals surface area contributed by atoms with Crippen LogP contribution in [0.15, 0.2) is 12.2 Å². The van der Waals surface area contributed by atoms with E-state index in [-0.39, 0.29) is 5.97 Å². The second-order valence-corrected chi connectivity index (χ2v) is 4.14. The summed E-state index contributed by atoms with van der Waals surface area (Å²) in [6, 6.07) is 0. The van der Waals surface area contributed by atoms with Crippen molar-refractivity contribution in [3.8, 4) is 0 Å². The number of carbonyl (C=O) groups excluding carboxylic acids is 1. The first-order valence-electron chi connectivity index (χ1n) is 6.60. The van der Waals surface area contributed by atoms with Gasteiger partial charge in [0.15, 0.2) is 0 Å². The fraction of sp³-hybridized carbons (Fsp3) is 0.786. The largest absolute Gasteiger partial charge is 0.463 e. The fourth-order valence-electron chi connectivity index (χ4n) is 1.59. The first-order chi connectivity index (χ1) is 7.81. The molecule has 0 saturated heterocycles. The molecule has 0 aliphatic heterocycles. The van der Waals surface area contributed by atoms with Gasteiger partial charge in [0.25, 0.3) is 0 Å². The fourth-order valence-corrected chi connectivity index (χ4v) is 1.59. The van der Waals surface area contributed by atoms with E-state index in [2.05, 4.69) is 6.92 Å². The van der Waals surface area contributed by atoms with Crippen molar-refractivity contribution in [3.63, 3.8) is 0 Å². The number of ether oxygens (including phenoxy) is 1. The molecule has 0 fully saturated rings. The first kappa shape index (κ1) is 15.2. The number of rotatable bonds is 10. The average molecular weight is 226 g/mol. The van der Waals surface area contributed by atoms with Crippen LogP contribution in [0.4, 0.5) is 0 Å². The third-order valence-corrected chi connectivity index (χ3v) is 2.54. The molecule has 0 saturated carbocycles. The van der Waals surface area contributed by atoms with Crippen LogP contribution in [0.5, 0.6) is 0 Å². The van der Waals surface area contributed by atoms with Crippen molar-refractivity contribution in [2.75, 3.05) is 6.61 Å². The lowest BCUT2D eigenvalue weighted by atomic mass is 10.1. The van der Waals surface area contributed by atoms with Crippen molar-refractivity contribution in [2.45, 2.75) is 65.2 Å². The maximum Gasteiger partial charge on any atom is 0.330 e. The summed E-state index contributed by atoms with van der Waals surface area (Å²) >= 11 is 0. The molecule has 0 spiro atoms. The van der Waals surface area contributed by atoms with Crippen molar-refractivity contribution in [3.05, 3.63) is 12.2 Å². The molecule has 0 aliphatic carbocycles. The lowest BCUT2D eigenvalue weighted by Crippen LogP contribution is -2.01. The molecule has 0 aromatic heterocycles. The maximum absolute atomic E-state index is 10.9. The highest BCUT2D eigenvalue weighted by molar-refractivity contribution is 5.81. The quantitative estimate of drug-likeness (QED) is 0.316. The van der Waals surface area contributed by atoms with Crippen LogP contribution in [0.3, 0.4) is 0 Å². The zero-order valence-electron chi connectivity index (χ0n) is 10.8. The zero-order valence-corrected chi connectivity index (χ0v) is 10.8. The van der Waals surface area contributed by atoms with E-state index in [0.717, 1.165) is 6.42 Å². The summed E-state index contributed by atoms with van der Waals surface area (Å²) in [4.78, 5) is 10.9. The monoisotopic (exact) mass is 226 g/mol. The van der Waals surface area contributed by atoms with Crippen LogP contribution in [0.2, 0.25) is 0 Å². The zero-order chi connectivity index (χ0) is 12.1. The van der Waals surface area contributed by atoms with E-state index in [4.69, 9.17) is 4.74 Å². The summed E-state index contributed by atoms with van der Waals surface area (Å²) in [7, 11) is 0. The molecule has 16 heavy (non-hydrogen) atoms. The molecule has 0 bridgehead atoms. The molecule has 0 radical (unpaired) electrons. The van der Waals surface area contributed by atoms with Crippen LogP contribution in [-0.2, 0) is 9.53 Å². The predicted molar refractivity (Wildman–Crippen MR) is 68.4 cm³/mol. The molecule has 0 rings (SSSR count). The molecule has 0 N–H and O–H groups in total. The Morgan fingerprint density at radius 1 is 1.00 bits per heavy atom. The number of carbonyl (C=O) groups is 1. The van der Waals surface area contributed by atoms with Gasteiger partial charge < -0.3 is 4.74 Å². The van der Waals surface area contributed by atoms with Crippen LogP contribution in [0.1, 0.15) is 65.2 Å². The van der Waals surface area contributed by atoms with Crippen molar-refractivity contribution < 1.29 is 9.53 Å². The molecule has 0 aliphatic rings. The van der Waals surface area contributed by atoms with E-state index < -0.39 is 0 Å². The highest BCUT2D eigenvalue weighted by atomic mass is 16.5. The van der Waals surface area contributed by atoms with Gasteiger partial charge in [-0.25, -0.2) is 4.79 Å². The maximum atomic E-state index is 10.9. The van der Waals surface area contributed by atoms with E-state index in [1.165, 1.54) is 51.0 Å². The Bertz CT molecular complexity index is 185. The van der Waals surface area contributed by atoms with Crippen molar-refractivity contribution in [1.29, 1.82) is 0 Å². The van der Waals surface area contributed by atoms with E-state index in [1.54, 1.807) is 6.08 Å².